The molecule has 0 saturated heterocycles. The summed E-state index contributed by atoms with van der Waals surface area (Å²) in [6.07, 6.45) is 1.46. The molecule has 2 N–H and O–H groups in total. The van der Waals surface area contributed by atoms with Crippen molar-refractivity contribution < 1.29 is 18.0 Å². The van der Waals surface area contributed by atoms with Crippen LogP contribution in [0.25, 0.3) is 11.3 Å². The first kappa shape index (κ1) is 16.2. The van der Waals surface area contributed by atoms with E-state index in [1.165, 1.54) is 24.5 Å². The van der Waals surface area contributed by atoms with Crippen LogP contribution in [-0.2, 0) is 0 Å². The number of benzene rings is 2. The average molecular weight is 346 g/mol. The van der Waals surface area contributed by atoms with Crippen LogP contribution < -0.4 is 10.3 Å². The monoisotopic (exact) mass is 346 g/mol. The van der Waals surface area contributed by atoms with E-state index >= 15 is 0 Å². The zero-order chi connectivity index (χ0) is 16.9. The molecule has 0 bridgehead atoms. The van der Waals surface area contributed by atoms with Gasteiger partial charge in [0.25, 0.3) is 5.91 Å². The van der Waals surface area contributed by atoms with Crippen molar-refractivity contribution in [3.63, 3.8) is 0 Å². The second-order valence-electron chi connectivity index (χ2n) is 4.79. The molecule has 1 heterocycles. The van der Waals surface area contributed by atoms with Crippen LogP contribution in [0.4, 0.5) is 8.78 Å². The van der Waals surface area contributed by atoms with Crippen molar-refractivity contribution in [2.24, 2.45) is 0 Å². The summed E-state index contributed by atoms with van der Waals surface area (Å²) in [6.45, 7) is 0. The molecule has 0 aliphatic heterocycles. The van der Waals surface area contributed by atoms with Gasteiger partial charge >= 0.3 is 0 Å². The molecule has 0 spiro atoms. The van der Waals surface area contributed by atoms with Gasteiger partial charge in [-0.2, -0.15) is 4.83 Å². The van der Waals surface area contributed by atoms with Gasteiger partial charge in [0, 0.05) is 11.1 Å². The molecule has 3 aromatic rings. The summed E-state index contributed by atoms with van der Waals surface area (Å²) < 4.78 is 32.4. The molecule has 0 aliphatic carbocycles. The molecule has 3 rings (SSSR count). The highest BCUT2D eigenvalue weighted by atomic mass is 32.2. The number of carbonyl (C=O) groups is 1. The second-order valence-corrected chi connectivity index (χ2v) is 5.64. The first-order chi connectivity index (χ1) is 11.6. The van der Waals surface area contributed by atoms with E-state index in [1.807, 2.05) is 0 Å². The Hall–Kier alpha value is -2.64. The Bertz CT molecular complexity index is 854. The fourth-order valence-corrected chi connectivity index (χ4v) is 2.60. The van der Waals surface area contributed by atoms with E-state index in [2.05, 4.69) is 10.3 Å². The molecule has 0 saturated carbocycles. The number of furan rings is 1. The van der Waals surface area contributed by atoms with Crippen LogP contribution in [0.1, 0.15) is 10.4 Å². The molecule has 0 unspecified atom stereocenters. The molecule has 1 aromatic heterocycles. The van der Waals surface area contributed by atoms with Crippen LogP contribution in [0, 0.1) is 11.6 Å². The molecular weight excluding hydrogens is 334 g/mol. The van der Waals surface area contributed by atoms with Gasteiger partial charge in [-0.1, -0.05) is 12.1 Å². The van der Waals surface area contributed by atoms with E-state index < -0.39 is 17.5 Å². The molecule has 24 heavy (non-hydrogen) atoms. The van der Waals surface area contributed by atoms with E-state index in [1.54, 1.807) is 30.3 Å². The van der Waals surface area contributed by atoms with Crippen molar-refractivity contribution in [1.82, 2.24) is 10.3 Å². The van der Waals surface area contributed by atoms with Crippen molar-refractivity contribution in [3.05, 3.63) is 78.1 Å². The van der Waals surface area contributed by atoms with Crippen LogP contribution in [-0.4, -0.2) is 5.91 Å². The number of hydrogen-bond acceptors (Lipinski definition) is 4. The zero-order valence-electron chi connectivity index (χ0n) is 12.3. The maximum Gasteiger partial charge on any atom is 0.266 e. The first-order valence-electron chi connectivity index (χ1n) is 6.94. The topological polar surface area (TPSA) is 54.3 Å². The summed E-state index contributed by atoms with van der Waals surface area (Å²) in [5, 5.41) is 0. The number of hydrogen-bond donors (Lipinski definition) is 2. The Morgan fingerprint density at radius 3 is 2.62 bits per heavy atom. The molecule has 122 valence electrons. The Morgan fingerprint density at radius 1 is 1.04 bits per heavy atom. The Kier molecular flexibility index (Phi) is 4.93. The normalized spacial score (nSPS) is 10.6. The molecule has 0 aliphatic rings. The molecule has 7 heteroatoms. The SMILES string of the molecule is O=C(NNSc1ccccc1F)c1cc(F)cc(-c2ccco2)c1. The quantitative estimate of drug-likeness (QED) is 0.538. The smallest absolute Gasteiger partial charge is 0.266 e. The number of halogens is 2. The first-order valence-corrected chi connectivity index (χ1v) is 7.76. The van der Waals surface area contributed by atoms with Crippen molar-refractivity contribution in [1.29, 1.82) is 0 Å². The lowest BCUT2D eigenvalue weighted by atomic mass is 10.1. The number of nitrogens with one attached hydrogen (secondary N) is 2. The lowest BCUT2D eigenvalue weighted by molar-refractivity contribution is 0.0946. The van der Waals surface area contributed by atoms with Gasteiger partial charge in [-0.15, -0.1) is 0 Å². The van der Waals surface area contributed by atoms with Gasteiger partial charge in [0.1, 0.15) is 17.4 Å². The highest BCUT2D eigenvalue weighted by Gasteiger charge is 2.11. The van der Waals surface area contributed by atoms with Crippen LogP contribution in [0.5, 0.6) is 0 Å². The third-order valence-electron chi connectivity index (χ3n) is 3.13. The molecular formula is C17H12F2N2O2S. The summed E-state index contributed by atoms with van der Waals surface area (Å²) in [4.78, 5) is 15.0. The van der Waals surface area contributed by atoms with Gasteiger partial charge in [-0.05, 0) is 54.4 Å². The van der Waals surface area contributed by atoms with E-state index in [0.717, 1.165) is 18.0 Å². The summed E-state index contributed by atoms with van der Waals surface area (Å²) in [6, 6.07) is 13.4. The van der Waals surface area contributed by atoms with E-state index in [-0.39, 0.29) is 5.56 Å². The Morgan fingerprint density at radius 2 is 1.88 bits per heavy atom. The third-order valence-corrected chi connectivity index (χ3v) is 3.88. The highest BCUT2D eigenvalue weighted by Crippen LogP contribution is 2.22. The minimum absolute atomic E-state index is 0.114. The molecule has 0 fully saturated rings. The number of amides is 1. The largest absolute Gasteiger partial charge is 0.464 e. The summed E-state index contributed by atoms with van der Waals surface area (Å²) >= 11 is 0.907. The zero-order valence-corrected chi connectivity index (χ0v) is 13.1. The summed E-state index contributed by atoms with van der Waals surface area (Å²) in [5.41, 5.74) is 2.95. The van der Waals surface area contributed by atoms with Crippen LogP contribution in [0.15, 0.2) is 70.2 Å². The minimum Gasteiger partial charge on any atom is -0.464 e. The van der Waals surface area contributed by atoms with Gasteiger partial charge < -0.3 is 4.42 Å². The molecule has 2 aromatic carbocycles. The minimum atomic E-state index is -0.559. The van der Waals surface area contributed by atoms with Crippen molar-refractivity contribution in [2.75, 3.05) is 0 Å². The maximum atomic E-state index is 13.7. The average Bonchev–Trinajstić information content (AvgIpc) is 3.10. The van der Waals surface area contributed by atoms with Crippen molar-refractivity contribution in [3.8, 4) is 11.3 Å². The van der Waals surface area contributed by atoms with Gasteiger partial charge in [-0.3, -0.25) is 10.2 Å². The van der Waals surface area contributed by atoms with E-state index in [4.69, 9.17) is 4.42 Å². The molecule has 0 radical (unpaired) electrons. The van der Waals surface area contributed by atoms with Crippen LogP contribution in [0.3, 0.4) is 0 Å². The standard InChI is InChI=1S/C17H12F2N2O2S/c18-13-9-11(15-5-3-7-23-15)8-12(10-13)17(22)20-21-24-16-6-2-1-4-14(16)19/h1-10,21H,(H,20,22). The van der Waals surface area contributed by atoms with Gasteiger partial charge in [-0.25, -0.2) is 8.78 Å². The lowest BCUT2D eigenvalue weighted by Crippen LogP contribution is -2.32. The van der Waals surface area contributed by atoms with E-state index in [9.17, 15) is 13.6 Å². The fraction of sp³-hybridized carbons (Fsp3) is 0. The number of carbonyl (C=O) groups excluding carboxylic acids is 1. The lowest BCUT2D eigenvalue weighted by Gasteiger charge is -2.08. The predicted octanol–water partition coefficient (Wildman–Crippen LogP) is 4.17. The third kappa shape index (κ3) is 3.81. The van der Waals surface area contributed by atoms with Crippen LogP contribution >= 0.6 is 11.9 Å². The highest BCUT2D eigenvalue weighted by molar-refractivity contribution is 7.97. The van der Waals surface area contributed by atoms with Gasteiger partial charge in [0.15, 0.2) is 0 Å². The second kappa shape index (κ2) is 7.29. The maximum absolute atomic E-state index is 13.7. The molecule has 4 nitrogen and oxygen atoms in total. The van der Waals surface area contributed by atoms with E-state index in [0.29, 0.717) is 16.2 Å². The summed E-state index contributed by atoms with van der Waals surface area (Å²) in [7, 11) is 0. The van der Waals surface area contributed by atoms with Crippen molar-refractivity contribution >= 4 is 17.9 Å². The predicted molar refractivity (Wildman–Crippen MR) is 87.0 cm³/mol. The Balaban J connectivity index is 1.68. The Labute approximate surface area is 141 Å². The molecule has 0 atom stereocenters. The van der Waals surface area contributed by atoms with Gasteiger partial charge in [0.2, 0.25) is 0 Å². The van der Waals surface area contributed by atoms with Crippen LogP contribution in [0.2, 0.25) is 0 Å². The number of rotatable bonds is 5. The fourth-order valence-electron chi connectivity index (χ4n) is 2.03. The van der Waals surface area contributed by atoms with Gasteiger partial charge in [0.05, 0.1) is 11.2 Å². The van der Waals surface area contributed by atoms with Crippen molar-refractivity contribution in [2.45, 2.75) is 4.90 Å². The summed E-state index contributed by atoms with van der Waals surface area (Å²) in [5.74, 6) is -1.06. The molecule has 1 amide bonds. The number of hydrazine groups is 1.